The van der Waals surface area contributed by atoms with Gasteiger partial charge in [-0.25, -0.2) is 0 Å². The van der Waals surface area contributed by atoms with Gasteiger partial charge in [0.1, 0.15) is 0 Å². The number of carbonyl (C=O) groups excluding carboxylic acids is 1. The monoisotopic (exact) mass is 325 g/mol. The van der Waals surface area contributed by atoms with Gasteiger partial charge in [-0.1, -0.05) is 6.07 Å². The van der Waals surface area contributed by atoms with Crippen molar-refractivity contribution < 1.29 is 4.79 Å². The van der Waals surface area contributed by atoms with Crippen LogP contribution in [0.2, 0.25) is 0 Å². The molecule has 2 heterocycles. The highest BCUT2D eigenvalue weighted by Crippen LogP contribution is 2.25. The molecule has 1 unspecified atom stereocenters. The van der Waals surface area contributed by atoms with E-state index in [1.165, 1.54) is 0 Å². The topological polar surface area (TPSA) is 84.0 Å². The van der Waals surface area contributed by atoms with Gasteiger partial charge < -0.3 is 4.90 Å². The molecule has 6 nitrogen and oxygen atoms in total. The number of pyridine rings is 1. The molecule has 126 valence electrons. The highest BCUT2D eigenvalue weighted by atomic mass is 16.2. The van der Waals surface area contributed by atoms with E-state index < -0.39 is 0 Å². The molecule has 1 amide bonds. The number of amides is 1. The van der Waals surface area contributed by atoms with Crippen molar-refractivity contribution >= 4 is 5.91 Å². The molecule has 1 aliphatic heterocycles. The van der Waals surface area contributed by atoms with Crippen LogP contribution in [0.1, 0.15) is 37.3 Å². The summed E-state index contributed by atoms with van der Waals surface area (Å²) in [5, 5.41) is 17.5. The molecule has 1 aromatic heterocycles. The first-order valence-electron chi connectivity index (χ1n) is 8.39. The summed E-state index contributed by atoms with van der Waals surface area (Å²) in [5.74, 6) is 0.363. The zero-order valence-corrected chi connectivity index (χ0v) is 13.9. The number of rotatable bonds is 7. The number of likely N-dealkylation sites (tertiary alicyclic amines) is 1. The van der Waals surface area contributed by atoms with Gasteiger partial charge in [-0.2, -0.15) is 10.5 Å². The Balaban J connectivity index is 1.91. The van der Waals surface area contributed by atoms with E-state index in [-0.39, 0.29) is 5.91 Å². The molecule has 24 heavy (non-hydrogen) atoms. The number of piperidine rings is 1. The summed E-state index contributed by atoms with van der Waals surface area (Å²) >= 11 is 0. The van der Waals surface area contributed by atoms with E-state index in [1.54, 1.807) is 4.90 Å². The summed E-state index contributed by atoms with van der Waals surface area (Å²) in [5.41, 5.74) is 1.08. The van der Waals surface area contributed by atoms with Crippen molar-refractivity contribution in [2.24, 2.45) is 0 Å². The van der Waals surface area contributed by atoms with Gasteiger partial charge in [0.05, 0.1) is 31.5 Å². The molecule has 1 aromatic rings. The smallest absolute Gasteiger partial charge is 0.236 e. The molecule has 0 aromatic carbocycles. The fraction of sp³-hybridized carbons (Fsp3) is 0.556. The van der Waals surface area contributed by atoms with E-state index in [2.05, 4.69) is 22.0 Å². The normalized spacial score (nSPS) is 17.7. The van der Waals surface area contributed by atoms with Crippen molar-refractivity contribution in [3.05, 3.63) is 30.1 Å². The van der Waals surface area contributed by atoms with Gasteiger partial charge >= 0.3 is 0 Å². The van der Waals surface area contributed by atoms with Gasteiger partial charge in [-0.05, 0) is 31.5 Å². The van der Waals surface area contributed by atoms with E-state index >= 15 is 0 Å². The molecule has 1 saturated heterocycles. The summed E-state index contributed by atoms with van der Waals surface area (Å²) in [6, 6.07) is 10.1. The third-order valence-corrected chi connectivity index (χ3v) is 4.31. The molecule has 1 atom stereocenters. The molecule has 1 aliphatic rings. The molecule has 2 rings (SSSR count). The molecular formula is C18H23N5O. The highest BCUT2D eigenvalue weighted by Gasteiger charge is 2.25. The summed E-state index contributed by atoms with van der Waals surface area (Å²) in [4.78, 5) is 20.8. The fourth-order valence-corrected chi connectivity index (χ4v) is 3.08. The van der Waals surface area contributed by atoms with Crippen LogP contribution in [0, 0.1) is 22.7 Å². The van der Waals surface area contributed by atoms with Crippen molar-refractivity contribution in [2.75, 3.05) is 32.7 Å². The first-order valence-corrected chi connectivity index (χ1v) is 8.39. The maximum Gasteiger partial charge on any atom is 0.236 e. The minimum Gasteiger partial charge on any atom is -0.340 e. The third kappa shape index (κ3) is 5.33. The SMILES string of the molecule is N#CCCN(CCC#N)C(=O)CN1CCCC(c2ccccn2)C1. The van der Waals surface area contributed by atoms with Crippen LogP contribution in [0.3, 0.4) is 0 Å². The quantitative estimate of drug-likeness (QED) is 0.764. The second-order valence-electron chi connectivity index (χ2n) is 6.03. The lowest BCUT2D eigenvalue weighted by Gasteiger charge is -2.33. The van der Waals surface area contributed by atoms with Crippen LogP contribution in [0.15, 0.2) is 24.4 Å². The van der Waals surface area contributed by atoms with Gasteiger partial charge in [0.25, 0.3) is 0 Å². The first-order chi connectivity index (χ1) is 11.7. The largest absolute Gasteiger partial charge is 0.340 e. The third-order valence-electron chi connectivity index (χ3n) is 4.31. The van der Waals surface area contributed by atoms with Gasteiger partial charge in [0.15, 0.2) is 0 Å². The van der Waals surface area contributed by atoms with Crippen LogP contribution < -0.4 is 0 Å². The molecule has 0 N–H and O–H groups in total. The predicted molar refractivity (Wildman–Crippen MR) is 89.7 cm³/mol. The lowest BCUT2D eigenvalue weighted by Crippen LogP contribution is -2.44. The summed E-state index contributed by atoms with van der Waals surface area (Å²) in [7, 11) is 0. The van der Waals surface area contributed by atoms with E-state index in [1.807, 2.05) is 24.4 Å². The lowest BCUT2D eigenvalue weighted by molar-refractivity contribution is -0.132. The molecule has 0 radical (unpaired) electrons. The minimum atomic E-state index is 0.00201. The van der Waals surface area contributed by atoms with E-state index in [9.17, 15) is 4.79 Å². The van der Waals surface area contributed by atoms with Crippen LogP contribution in [-0.4, -0.2) is 53.4 Å². The second-order valence-corrected chi connectivity index (χ2v) is 6.03. The standard InChI is InChI=1S/C18H23N5O/c19-8-4-12-23(13-5-9-20)18(24)15-22-11-3-6-16(14-22)17-7-1-2-10-21-17/h1-2,7,10,16H,3-6,11-15H2. The average molecular weight is 325 g/mol. The van der Waals surface area contributed by atoms with Crippen molar-refractivity contribution in [1.29, 1.82) is 10.5 Å². The van der Waals surface area contributed by atoms with Crippen molar-refractivity contribution in [3.63, 3.8) is 0 Å². The Morgan fingerprint density at radius 1 is 1.29 bits per heavy atom. The van der Waals surface area contributed by atoms with Gasteiger partial charge in [-0.3, -0.25) is 14.7 Å². The molecular weight excluding hydrogens is 302 g/mol. The molecule has 0 bridgehead atoms. The Hall–Kier alpha value is -2.44. The van der Waals surface area contributed by atoms with E-state index in [0.29, 0.717) is 38.4 Å². The number of hydrogen-bond acceptors (Lipinski definition) is 5. The highest BCUT2D eigenvalue weighted by molar-refractivity contribution is 5.78. The van der Waals surface area contributed by atoms with E-state index in [4.69, 9.17) is 10.5 Å². The summed E-state index contributed by atoms with van der Waals surface area (Å²) in [6.07, 6.45) is 4.55. The van der Waals surface area contributed by atoms with Crippen molar-refractivity contribution in [1.82, 2.24) is 14.8 Å². The molecule has 0 saturated carbocycles. The zero-order valence-electron chi connectivity index (χ0n) is 13.9. The Morgan fingerprint density at radius 3 is 2.67 bits per heavy atom. The van der Waals surface area contributed by atoms with Crippen molar-refractivity contribution in [2.45, 2.75) is 31.6 Å². The Morgan fingerprint density at radius 2 is 2.04 bits per heavy atom. The number of nitriles is 2. The average Bonchev–Trinajstić information content (AvgIpc) is 2.63. The van der Waals surface area contributed by atoms with Crippen LogP contribution in [-0.2, 0) is 4.79 Å². The minimum absolute atomic E-state index is 0.00201. The molecule has 0 aliphatic carbocycles. The number of carbonyl (C=O) groups is 1. The summed E-state index contributed by atoms with van der Waals surface area (Å²) < 4.78 is 0. The van der Waals surface area contributed by atoms with Crippen LogP contribution in [0.4, 0.5) is 0 Å². The Kier molecular flexibility index (Phi) is 7.20. The number of hydrogen-bond donors (Lipinski definition) is 0. The second kappa shape index (κ2) is 9.64. The van der Waals surface area contributed by atoms with Crippen LogP contribution >= 0.6 is 0 Å². The van der Waals surface area contributed by atoms with Gasteiger partial charge in [0.2, 0.25) is 5.91 Å². The van der Waals surface area contributed by atoms with Gasteiger partial charge in [-0.15, -0.1) is 0 Å². The molecule has 6 heteroatoms. The zero-order chi connectivity index (χ0) is 17.2. The maximum atomic E-state index is 12.5. The Labute approximate surface area is 143 Å². The Bertz CT molecular complexity index is 586. The molecule has 0 spiro atoms. The van der Waals surface area contributed by atoms with Crippen LogP contribution in [0.5, 0.6) is 0 Å². The van der Waals surface area contributed by atoms with Crippen LogP contribution in [0.25, 0.3) is 0 Å². The van der Waals surface area contributed by atoms with Crippen molar-refractivity contribution in [3.8, 4) is 12.1 Å². The first kappa shape index (κ1) is 17.9. The van der Waals surface area contributed by atoms with Gasteiger partial charge in [0, 0.05) is 37.4 Å². The summed E-state index contributed by atoms with van der Waals surface area (Å²) in [6.45, 7) is 2.87. The molecule has 1 fully saturated rings. The number of nitrogens with zero attached hydrogens (tertiary/aromatic N) is 5. The fourth-order valence-electron chi connectivity index (χ4n) is 3.08. The maximum absolute atomic E-state index is 12.5. The lowest BCUT2D eigenvalue weighted by atomic mass is 9.94. The predicted octanol–water partition coefficient (Wildman–Crippen LogP) is 1.92. The number of aromatic nitrogens is 1. The van der Waals surface area contributed by atoms with E-state index in [0.717, 1.165) is 31.6 Å².